The molecule has 0 amide bonds. The molecule has 2 nitrogen and oxygen atoms in total. The second-order valence-electron chi connectivity index (χ2n) is 2.40. The van der Waals surface area contributed by atoms with Crippen LogP contribution in [-0.2, 0) is 0 Å². The van der Waals surface area contributed by atoms with Crippen molar-refractivity contribution in [2.24, 2.45) is 0 Å². The molecule has 1 heterocycles. The van der Waals surface area contributed by atoms with Gasteiger partial charge in [0, 0.05) is 6.20 Å². The van der Waals surface area contributed by atoms with Gasteiger partial charge in [0.1, 0.15) is 6.07 Å². The zero-order valence-electron chi connectivity index (χ0n) is 7.05. The molecule has 0 fully saturated rings. The summed E-state index contributed by atoms with van der Waals surface area (Å²) in [6, 6.07) is 3.86. The summed E-state index contributed by atoms with van der Waals surface area (Å²) in [5, 5.41) is 8.66. The Hall–Kier alpha value is -1.80. The number of nitriles is 1. The maximum Gasteiger partial charge on any atom is 0.156 e. The van der Waals surface area contributed by atoms with Crippen LogP contribution in [0, 0.1) is 30.1 Å². The molecular weight excluding hydrogens is 148 g/mol. The molecule has 0 radical (unpaired) electrons. The third kappa shape index (κ3) is 1.62. The van der Waals surface area contributed by atoms with Gasteiger partial charge >= 0.3 is 0 Å². The Bertz CT molecular complexity index is 389. The first kappa shape index (κ1) is 8.30. The monoisotopic (exact) mass is 156 g/mol. The lowest BCUT2D eigenvalue weighted by Gasteiger charge is -1.95. The largest absolute Gasteiger partial charge is 0.244 e. The highest BCUT2D eigenvalue weighted by molar-refractivity contribution is 5.44. The van der Waals surface area contributed by atoms with Gasteiger partial charge in [-0.15, -0.1) is 5.92 Å². The molecule has 0 saturated heterocycles. The second-order valence-corrected chi connectivity index (χ2v) is 2.40. The van der Waals surface area contributed by atoms with Gasteiger partial charge in [0.2, 0.25) is 0 Å². The number of aryl methyl sites for hydroxylation is 1. The Morgan fingerprint density at radius 1 is 1.50 bits per heavy atom. The van der Waals surface area contributed by atoms with Crippen LogP contribution in [0.25, 0.3) is 0 Å². The molecule has 0 aromatic carbocycles. The standard InChI is InChI=1S/C10H8N2/c1-3-4-9-5-8(2)7-12-10(9)6-11/h5,7H,1-2H3. The normalized spacial score (nSPS) is 8.08. The molecular formula is C10H8N2. The van der Waals surface area contributed by atoms with Crippen LogP contribution in [0.4, 0.5) is 0 Å². The van der Waals surface area contributed by atoms with Crippen molar-refractivity contribution in [3.63, 3.8) is 0 Å². The molecule has 1 rings (SSSR count). The van der Waals surface area contributed by atoms with E-state index in [2.05, 4.69) is 16.8 Å². The molecule has 0 unspecified atom stereocenters. The lowest BCUT2D eigenvalue weighted by atomic mass is 10.1. The summed E-state index contributed by atoms with van der Waals surface area (Å²) in [5.74, 6) is 5.58. The van der Waals surface area contributed by atoms with Gasteiger partial charge in [-0.2, -0.15) is 5.26 Å². The maximum absolute atomic E-state index is 8.66. The topological polar surface area (TPSA) is 36.7 Å². The van der Waals surface area contributed by atoms with E-state index in [1.165, 1.54) is 0 Å². The highest BCUT2D eigenvalue weighted by atomic mass is 14.7. The highest BCUT2D eigenvalue weighted by Crippen LogP contribution is 2.05. The van der Waals surface area contributed by atoms with Crippen LogP contribution < -0.4 is 0 Å². The van der Waals surface area contributed by atoms with Crippen LogP contribution in [0.3, 0.4) is 0 Å². The fourth-order valence-electron chi connectivity index (χ4n) is 0.888. The van der Waals surface area contributed by atoms with E-state index in [-0.39, 0.29) is 0 Å². The SMILES string of the molecule is CC#Cc1cc(C)cnc1C#N. The van der Waals surface area contributed by atoms with E-state index >= 15 is 0 Å². The molecule has 0 saturated carbocycles. The van der Waals surface area contributed by atoms with Crippen LogP contribution in [-0.4, -0.2) is 4.98 Å². The first-order chi connectivity index (χ1) is 5.77. The minimum atomic E-state index is 0.398. The van der Waals surface area contributed by atoms with E-state index in [9.17, 15) is 0 Å². The van der Waals surface area contributed by atoms with Gasteiger partial charge < -0.3 is 0 Å². The predicted octanol–water partition coefficient (Wildman–Crippen LogP) is 1.63. The number of aromatic nitrogens is 1. The Kier molecular flexibility index (Phi) is 2.46. The number of hydrogen-bond donors (Lipinski definition) is 0. The van der Waals surface area contributed by atoms with E-state index in [1.54, 1.807) is 13.1 Å². The molecule has 0 atom stereocenters. The Morgan fingerprint density at radius 3 is 2.83 bits per heavy atom. The molecule has 0 spiro atoms. The lowest BCUT2D eigenvalue weighted by Crippen LogP contribution is -1.89. The Labute approximate surface area is 71.9 Å². The lowest BCUT2D eigenvalue weighted by molar-refractivity contribution is 1.21. The zero-order valence-corrected chi connectivity index (χ0v) is 7.05. The Morgan fingerprint density at radius 2 is 2.25 bits per heavy atom. The summed E-state index contributed by atoms with van der Waals surface area (Å²) in [6.45, 7) is 3.67. The molecule has 0 aliphatic rings. The molecule has 0 bridgehead atoms. The average Bonchev–Trinajstić information content (AvgIpc) is 2.05. The van der Waals surface area contributed by atoms with E-state index in [0.717, 1.165) is 5.56 Å². The van der Waals surface area contributed by atoms with E-state index in [4.69, 9.17) is 5.26 Å². The second kappa shape index (κ2) is 3.55. The summed E-state index contributed by atoms with van der Waals surface area (Å²) < 4.78 is 0. The van der Waals surface area contributed by atoms with Gasteiger partial charge in [-0.3, -0.25) is 0 Å². The van der Waals surface area contributed by atoms with Crippen molar-refractivity contribution in [1.82, 2.24) is 4.98 Å². The van der Waals surface area contributed by atoms with Crippen molar-refractivity contribution in [3.8, 4) is 17.9 Å². The first-order valence-electron chi connectivity index (χ1n) is 3.57. The smallest absolute Gasteiger partial charge is 0.156 e. The van der Waals surface area contributed by atoms with Crippen LogP contribution >= 0.6 is 0 Å². The van der Waals surface area contributed by atoms with Crippen molar-refractivity contribution in [1.29, 1.82) is 5.26 Å². The molecule has 58 valence electrons. The van der Waals surface area contributed by atoms with Crippen molar-refractivity contribution in [3.05, 3.63) is 29.1 Å². The minimum absolute atomic E-state index is 0.398. The van der Waals surface area contributed by atoms with Gasteiger partial charge in [-0.1, -0.05) is 5.92 Å². The van der Waals surface area contributed by atoms with Gasteiger partial charge in [0.25, 0.3) is 0 Å². The predicted molar refractivity (Wildman–Crippen MR) is 46.2 cm³/mol. The quantitative estimate of drug-likeness (QED) is 0.535. The van der Waals surface area contributed by atoms with Gasteiger partial charge in [0.15, 0.2) is 5.69 Å². The van der Waals surface area contributed by atoms with Gasteiger partial charge in [-0.25, -0.2) is 4.98 Å². The van der Waals surface area contributed by atoms with Crippen LogP contribution in [0.1, 0.15) is 23.7 Å². The summed E-state index contributed by atoms with van der Waals surface area (Å²) >= 11 is 0. The van der Waals surface area contributed by atoms with E-state index < -0.39 is 0 Å². The third-order valence-corrected chi connectivity index (χ3v) is 1.39. The summed E-state index contributed by atoms with van der Waals surface area (Å²) in [5.41, 5.74) is 2.13. The zero-order chi connectivity index (χ0) is 8.97. The van der Waals surface area contributed by atoms with E-state index in [1.807, 2.05) is 19.1 Å². The minimum Gasteiger partial charge on any atom is -0.244 e. The molecule has 1 aromatic heterocycles. The summed E-state index contributed by atoms with van der Waals surface area (Å²) in [6.07, 6.45) is 1.67. The van der Waals surface area contributed by atoms with Crippen molar-refractivity contribution in [2.45, 2.75) is 13.8 Å². The highest BCUT2D eigenvalue weighted by Gasteiger charge is 1.99. The number of rotatable bonds is 0. The third-order valence-electron chi connectivity index (χ3n) is 1.39. The molecule has 12 heavy (non-hydrogen) atoms. The first-order valence-corrected chi connectivity index (χ1v) is 3.57. The molecule has 0 N–H and O–H groups in total. The summed E-state index contributed by atoms with van der Waals surface area (Å²) in [4.78, 5) is 3.95. The number of hydrogen-bond acceptors (Lipinski definition) is 2. The van der Waals surface area contributed by atoms with E-state index in [0.29, 0.717) is 11.3 Å². The van der Waals surface area contributed by atoms with Crippen molar-refractivity contribution >= 4 is 0 Å². The molecule has 2 heteroatoms. The summed E-state index contributed by atoms with van der Waals surface area (Å²) in [7, 11) is 0. The molecule has 1 aromatic rings. The molecule has 0 aliphatic carbocycles. The van der Waals surface area contributed by atoms with Crippen molar-refractivity contribution in [2.75, 3.05) is 0 Å². The van der Waals surface area contributed by atoms with Gasteiger partial charge in [0.05, 0.1) is 5.56 Å². The maximum atomic E-state index is 8.66. The number of nitrogens with zero attached hydrogens (tertiary/aromatic N) is 2. The molecule has 0 aliphatic heterocycles. The van der Waals surface area contributed by atoms with Crippen molar-refractivity contribution < 1.29 is 0 Å². The number of pyridine rings is 1. The van der Waals surface area contributed by atoms with Gasteiger partial charge in [-0.05, 0) is 25.5 Å². The van der Waals surface area contributed by atoms with Crippen LogP contribution in [0.15, 0.2) is 12.3 Å². The van der Waals surface area contributed by atoms with Crippen LogP contribution in [0.5, 0.6) is 0 Å². The Balaban J connectivity index is 3.30. The fraction of sp³-hybridized carbons (Fsp3) is 0.200. The average molecular weight is 156 g/mol. The fourth-order valence-corrected chi connectivity index (χ4v) is 0.888. The van der Waals surface area contributed by atoms with Crippen LogP contribution in [0.2, 0.25) is 0 Å².